The number of benzene rings is 1. The van der Waals surface area contributed by atoms with Crippen LogP contribution in [0.3, 0.4) is 0 Å². The van der Waals surface area contributed by atoms with Crippen LogP contribution in [-0.4, -0.2) is 18.2 Å². The fourth-order valence-corrected chi connectivity index (χ4v) is 1.41. The molecule has 0 radical (unpaired) electrons. The van der Waals surface area contributed by atoms with Gasteiger partial charge in [-0.1, -0.05) is 6.07 Å². The molecule has 80 valence electrons. The summed E-state index contributed by atoms with van der Waals surface area (Å²) in [5.74, 6) is -0.181. The zero-order chi connectivity index (χ0) is 11.4. The van der Waals surface area contributed by atoms with Crippen LogP contribution >= 0.6 is 0 Å². The molecule has 0 fully saturated rings. The number of methoxy groups -OCH3 is 1. The molecule has 0 aliphatic rings. The fraction of sp³-hybridized carbons (Fsp3) is 0.250. The van der Waals surface area contributed by atoms with Gasteiger partial charge in [-0.25, -0.2) is 4.79 Å². The molecule has 0 heterocycles. The molecule has 0 aromatic heterocycles. The van der Waals surface area contributed by atoms with Crippen LogP contribution in [-0.2, 0) is 4.79 Å². The maximum atomic E-state index is 10.4. The van der Waals surface area contributed by atoms with Gasteiger partial charge >= 0.3 is 5.97 Å². The number of rotatable bonds is 3. The monoisotopic (exact) mass is 206 g/mol. The van der Waals surface area contributed by atoms with Gasteiger partial charge in [-0.15, -0.1) is 0 Å². The minimum absolute atomic E-state index is 0.769. The highest BCUT2D eigenvalue weighted by molar-refractivity contribution is 5.85. The summed E-state index contributed by atoms with van der Waals surface area (Å²) in [5, 5.41) is 8.53. The van der Waals surface area contributed by atoms with E-state index < -0.39 is 5.97 Å². The van der Waals surface area contributed by atoms with Crippen molar-refractivity contribution in [2.24, 2.45) is 0 Å². The first kappa shape index (κ1) is 11.3. The van der Waals surface area contributed by atoms with Crippen molar-refractivity contribution in [2.75, 3.05) is 7.11 Å². The predicted molar refractivity (Wildman–Crippen MR) is 59.1 cm³/mol. The van der Waals surface area contributed by atoms with Gasteiger partial charge in [-0.2, -0.15) is 0 Å². The van der Waals surface area contributed by atoms with Crippen molar-refractivity contribution in [3.8, 4) is 5.75 Å². The van der Waals surface area contributed by atoms with Crippen molar-refractivity contribution in [3.63, 3.8) is 0 Å². The Morgan fingerprint density at radius 2 is 2.00 bits per heavy atom. The normalized spacial score (nSPS) is 10.6. The second kappa shape index (κ2) is 4.64. The lowest BCUT2D eigenvalue weighted by Crippen LogP contribution is -1.92. The second-order valence-corrected chi connectivity index (χ2v) is 3.35. The molecule has 0 amide bonds. The van der Waals surface area contributed by atoms with Crippen LogP contribution in [0.2, 0.25) is 0 Å². The van der Waals surface area contributed by atoms with Gasteiger partial charge in [0.2, 0.25) is 0 Å². The average molecular weight is 206 g/mol. The Balaban J connectivity index is 3.13. The zero-order valence-corrected chi connectivity index (χ0v) is 9.07. The van der Waals surface area contributed by atoms with E-state index in [1.165, 1.54) is 0 Å². The van der Waals surface area contributed by atoms with Crippen molar-refractivity contribution < 1.29 is 14.6 Å². The van der Waals surface area contributed by atoms with E-state index >= 15 is 0 Å². The maximum Gasteiger partial charge on any atom is 0.328 e. The van der Waals surface area contributed by atoms with Crippen LogP contribution < -0.4 is 4.74 Å². The molecule has 0 spiro atoms. The Kier molecular flexibility index (Phi) is 3.50. The fourth-order valence-electron chi connectivity index (χ4n) is 1.41. The molecular weight excluding hydrogens is 192 g/mol. The summed E-state index contributed by atoms with van der Waals surface area (Å²) < 4.78 is 5.17. The topological polar surface area (TPSA) is 46.5 Å². The van der Waals surface area contributed by atoms with E-state index in [0.717, 1.165) is 28.5 Å². The molecule has 1 N–H and O–H groups in total. The summed E-state index contributed by atoms with van der Waals surface area (Å²) in [7, 11) is 1.60. The summed E-state index contributed by atoms with van der Waals surface area (Å²) in [4.78, 5) is 10.4. The summed E-state index contributed by atoms with van der Waals surface area (Å²) in [6.07, 6.45) is 2.69. The van der Waals surface area contributed by atoms with Crippen LogP contribution in [0.25, 0.3) is 6.08 Å². The standard InChI is InChI=1S/C12H14O3/c1-8-6-9(2)11(15-3)7-10(8)4-5-12(13)14/h4-7H,1-3H3,(H,13,14)/b5-4+. The molecule has 1 aromatic carbocycles. The van der Waals surface area contributed by atoms with Gasteiger partial charge in [0.05, 0.1) is 7.11 Å². The summed E-state index contributed by atoms with van der Waals surface area (Å²) in [5.41, 5.74) is 2.94. The Morgan fingerprint density at radius 3 is 2.53 bits per heavy atom. The van der Waals surface area contributed by atoms with E-state index in [9.17, 15) is 4.79 Å². The van der Waals surface area contributed by atoms with Gasteiger partial charge in [-0.05, 0) is 42.7 Å². The highest BCUT2D eigenvalue weighted by Gasteiger charge is 2.02. The van der Waals surface area contributed by atoms with Crippen molar-refractivity contribution >= 4 is 12.0 Å². The molecule has 0 atom stereocenters. The summed E-state index contributed by atoms with van der Waals surface area (Å²) in [6, 6.07) is 3.81. The minimum atomic E-state index is -0.950. The van der Waals surface area contributed by atoms with Crippen LogP contribution in [0.4, 0.5) is 0 Å². The molecule has 0 saturated carbocycles. The van der Waals surface area contributed by atoms with E-state index in [4.69, 9.17) is 9.84 Å². The van der Waals surface area contributed by atoms with E-state index in [-0.39, 0.29) is 0 Å². The van der Waals surface area contributed by atoms with Gasteiger partial charge in [0.25, 0.3) is 0 Å². The number of carbonyl (C=O) groups is 1. The Bertz CT molecular complexity index is 406. The first-order valence-corrected chi connectivity index (χ1v) is 4.61. The minimum Gasteiger partial charge on any atom is -0.496 e. The van der Waals surface area contributed by atoms with E-state index in [1.807, 2.05) is 26.0 Å². The lowest BCUT2D eigenvalue weighted by molar-refractivity contribution is -0.131. The molecule has 1 rings (SSSR count). The van der Waals surface area contributed by atoms with Crippen molar-refractivity contribution in [1.82, 2.24) is 0 Å². The second-order valence-electron chi connectivity index (χ2n) is 3.35. The van der Waals surface area contributed by atoms with Crippen molar-refractivity contribution in [2.45, 2.75) is 13.8 Å². The third kappa shape index (κ3) is 2.84. The maximum absolute atomic E-state index is 10.4. The molecule has 1 aromatic rings. The Labute approximate surface area is 89.0 Å². The van der Waals surface area contributed by atoms with Crippen LogP contribution in [0, 0.1) is 13.8 Å². The number of hydrogen-bond donors (Lipinski definition) is 1. The molecule has 3 heteroatoms. The summed E-state index contributed by atoms with van der Waals surface area (Å²) >= 11 is 0. The first-order valence-electron chi connectivity index (χ1n) is 4.61. The molecule has 0 saturated heterocycles. The van der Waals surface area contributed by atoms with Gasteiger partial charge in [0.15, 0.2) is 0 Å². The number of carboxylic acid groups (broad SMARTS) is 1. The molecule has 15 heavy (non-hydrogen) atoms. The average Bonchev–Trinajstić information content (AvgIpc) is 2.16. The van der Waals surface area contributed by atoms with Gasteiger partial charge in [0, 0.05) is 6.08 Å². The van der Waals surface area contributed by atoms with Crippen molar-refractivity contribution in [1.29, 1.82) is 0 Å². The van der Waals surface area contributed by atoms with E-state index in [2.05, 4.69) is 0 Å². The lowest BCUT2D eigenvalue weighted by Gasteiger charge is -2.08. The third-order valence-electron chi connectivity index (χ3n) is 2.19. The smallest absolute Gasteiger partial charge is 0.328 e. The Morgan fingerprint density at radius 1 is 1.33 bits per heavy atom. The number of hydrogen-bond acceptors (Lipinski definition) is 2. The van der Waals surface area contributed by atoms with Crippen LogP contribution in [0.15, 0.2) is 18.2 Å². The molecule has 3 nitrogen and oxygen atoms in total. The van der Waals surface area contributed by atoms with Crippen LogP contribution in [0.5, 0.6) is 5.75 Å². The van der Waals surface area contributed by atoms with Crippen LogP contribution in [0.1, 0.15) is 16.7 Å². The lowest BCUT2D eigenvalue weighted by atomic mass is 10.0. The zero-order valence-electron chi connectivity index (χ0n) is 9.07. The molecule has 0 bridgehead atoms. The van der Waals surface area contributed by atoms with Gasteiger partial charge in [-0.3, -0.25) is 0 Å². The number of aryl methyl sites for hydroxylation is 2. The highest BCUT2D eigenvalue weighted by atomic mass is 16.5. The van der Waals surface area contributed by atoms with Gasteiger partial charge < -0.3 is 9.84 Å². The number of carboxylic acids is 1. The Hall–Kier alpha value is -1.77. The number of aliphatic carboxylic acids is 1. The SMILES string of the molecule is COc1cc(/C=C/C(=O)O)c(C)cc1C. The van der Waals surface area contributed by atoms with E-state index in [0.29, 0.717) is 0 Å². The third-order valence-corrected chi connectivity index (χ3v) is 2.19. The predicted octanol–water partition coefficient (Wildman–Crippen LogP) is 2.41. The number of ether oxygens (including phenoxy) is 1. The molecule has 0 aliphatic carbocycles. The highest BCUT2D eigenvalue weighted by Crippen LogP contribution is 2.23. The first-order chi connectivity index (χ1) is 7.04. The molecule has 0 unspecified atom stereocenters. The molecule has 0 aliphatic heterocycles. The quantitative estimate of drug-likeness (QED) is 0.772. The van der Waals surface area contributed by atoms with Crippen molar-refractivity contribution in [3.05, 3.63) is 34.9 Å². The van der Waals surface area contributed by atoms with Gasteiger partial charge in [0.1, 0.15) is 5.75 Å². The largest absolute Gasteiger partial charge is 0.496 e. The summed E-state index contributed by atoms with van der Waals surface area (Å²) in [6.45, 7) is 3.89. The molecular formula is C12H14O3. The van der Waals surface area contributed by atoms with E-state index in [1.54, 1.807) is 13.2 Å².